The summed E-state index contributed by atoms with van der Waals surface area (Å²) in [4.78, 5) is 51.7. The number of nitrogens with zero attached hydrogens (tertiary/aromatic N) is 1. The van der Waals surface area contributed by atoms with E-state index in [4.69, 9.17) is 4.74 Å². The molecule has 2 aromatic carbocycles. The first-order valence-corrected chi connectivity index (χ1v) is 11.9. The number of esters is 1. The van der Waals surface area contributed by atoms with Gasteiger partial charge in [0.2, 0.25) is 0 Å². The first-order valence-electron chi connectivity index (χ1n) is 11.9. The van der Waals surface area contributed by atoms with Gasteiger partial charge >= 0.3 is 5.97 Å². The molecule has 0 aliphatic carbocycles. The number of ether oxygens (including phenoxy) is 1. The molecule has 0 saturated carbocycles. The van der Waals surface area contributed by atoms with Crippen LogP contribution in [0, 0.1) is 0 Å². The third-order valence-electron chi connectivity index (χ3n) is 5.41. The fourth-order valence-corrected chi connectivity index (χ4v) is 3.76. The summed E-state index contributed by atoms with van der Waals surface area (Å²) >= 11 is 0. The van der Waals surface area contributed by atoms with Crippen molar-refractivity contribution in [1.29, 1.82) is 0 Å². The first kappa shape index (κ1) is 27.4. The molecule has 0 bridgehead atoms. The van der Waals surface area contributed by atoms with Crippen LogP contribution in [0.3, 0.4) is 0 Å². The first-order chi connectivity index (χ1) is 17.1. The van der Waals surface area contributed by atoms with Crippen LogP contribution < -0.4 is 10.6 Å². The Balaban J connectivity index is 1.77. The Kier molecular flexibility index (Phi) is 7.44. The van der Waals surface area contributed by atoms with Crippen LogP contribution in [0.25, 0.3) is 11.1 Å². The third kappa shape index (κ3) is 6.52. The number of nitrogens with one attached hydrogen (secondary N) is 2. The van der Waals surface area contributed by atoms with Gasteiger partial charge < -0.3 is 15.4 Å². The summed E-state index contributed by atoms with van der Waals surface area (Å²) in [5.74, 6) is -2.05. The van der Waals surface area contributed by atoms with E-state index in [1.54, 1.807) is 45.0 Å². The van der Waals surface area contributed by atoms with Crippen molar-refractivity contribution in [2.24, 2.45) is 0 Å². The van der Waals surface area contributed by atoms with Crippen molar-refractivity contribution in [2.75, 3.05) is 0 Å². The van der Waals surface area contributed by atoms with Gasteiger partial charge in [-0.25, -0.2) is 4.79 Å². The van der Waals surface area contributed by atoms with Crippen LogP contribution in [-0.4, -0.2) is 39.7 Å². The molecule has 8 nitrogen and oxygen atoms in total. The molecule has 3 rings (SSSR count). The summed E-state index contributed by atoms with van der Waals surface area (Å²) in [5.41, 5.74) is 1.88. The van der Waals surface area contributed by atoms with Crippen LogP contribution in [0.15, 0.2) is 67.0 Å². The van der Waals surface area contributed by atoms with Crippen LogP contribution >= 0.6 is 0 Å². The molecule has 2 N–H and O–H groups in total. The standard InChI is InChI=1S/C29H33N3O5/c1-17(27(36)37-29(6,7)8)30-24(33)18(2)32-16-23-21(10-9-11-22(23)26(32)35)19-12-14-20(15-13-19)25(34)31-28(3,4)5/h9-15H,1-2,16H2,3-8H3,(H,30,33)(H,31,34). The molecule has 0 fully saturated rings. The lowest BCUT2D eigenvalue weighted by Crippen LogP contribution is -2.40. The van der Waals surface area contributed by atoms with E-state index in [2.05, 4.69) is 23.8 Å². The molecule has 37 heavy (non-hydrogen) atoms. The third-order valence-corrected chi connectivity index (χ3v) is 5.41. The summed E-state index contributed by atoms with van der Waals surface area (Å²) in [6.07, 6.45) is 0. The van der Waals surface area contributed by atoms with Crippen molar-refractivity contribution in [3.8, 4) is 11.1 Å². The Morgan fingerprint density at radius 1 is 0.919 bits per heavy atom. The maximum Gasteiger partial charge on any atom is 0.354 e. The van der Waals surface area contributed by atoms with Crippen molar-refractivity contribution in [2.45, 2.75) is 59.2 Å². The maximum atomic E-state index is 13.1. The molecule has 1 heterocycles. The van der Waals surface area contributed by atoms with Crippen molar-refractivity contribution < 1.29 is 23.9 Å². The van der Waals surface area contributed by atoms with Crippen molar-refractivity contribution in [3.05, 3.63) is 83.7 Å². The number of hydrogen-bond donors (Lipinski definition) is 2. The summed E-state index contributed by atoms with van der Waals surface area (Å²) in [7, 11) is 0. The predicted octanol–water partition coefficient (Wildman–Crippen LogP) is 4.32. The summed E-state index contributed by atoms with van der Waals surface area (Å²) in [6.45, 7) is 18.3. The zero-order valence-corrected chi connectivity index (χ0v) is 22.2. The van der Waals surface area contributed by atoms with E-state index in [0.29, 0.717) is 11.1 Å². The number of fused-ring (bicyclic) bond motifs is 1. The smallest absolute Gasteiger partial charge is 0.354 e. The zero-order valence-electron chi connectivity index (χ0n) is 22.2. The van der Waals surface area contributed by atoms with Gasteiger partial charge in [-0.05, 0) is 76.4 Å². The molecule has 194 valence electrons. The van der Waals surface area contributed by atoms with Gasteiger partial charge in [-0.1, -0.05) is 37.4 Å². The Bertz CT molecular complexity index is 1290. The molecular formula is C29H33N3O5. The molecule has 0 aromatic heterocycles. The predicted molar refractivity (Wildman–Crippen MR) is 141 cm³/mol. The highest BCUT2D eigenvalue weighted by Gasteiger charge is 2.34. The molecule has 2 aromatic rings. The van der Waals surface area contributed by atoms with E-state index in [9.17, 15) is 19.2 Å². The largest absolute Gasteiger partial charge is 0.455 e. The molecule has 0 atom stereocenters. The van der Waals surface area contributed by atoms with E-state index in [1.807, 2.05) is 39.0 Å². The van der Waals surface area contributed by atoms with Gasteiger partial charge in [-0.2, -0.15) is 0 Å². The average Bonchev–Trinajstić information content (AvgIpc) is 3.13. The lowest BCUT2D eigenvalue weighted by molar-refractivity contribution is -0.150. The number of rotatable bonds is 6. The van der Waals surface area contributed by atoms with Crippen LogP contribution in [0.1, 0.15) is 67.8 Å². The second-order valence-electron chi connectivity index (χ2n) is 10.9. The molecule has 0 radical (unpaired) electrons. The fraction of sp³-hybridized carbons (Fsp3) is 0.310. The minimum absolute atomic E-state index is 0.119. The van der Waals surface area contributed by atoms with E-state index in [-0.39, 0.29) is 35.3 Å². The van der Waals surface area contributed by atoms with Crippen molar-refractivity contribution in [3.63, 3.8) is 0 Å². The van der Waals surface area contributed by atoms with Crippen LogP contribution in [0.2, 0.25) is 0 Å². The van der Waals surface area contributed by atoms with E-state index < -0.39 is 17.5 Å². The summed E-state index contributed by atoms with van der Waals surface area (Å²) < 4.78 is 5.20. The van der Waals surface area contributed by atoms with Gasteiger partial charge in [0.05, 0.1) is 6.54 Å². The molecule has 0 spiro atoms. The summed E-state index contributed by atoms with van der Waals surface area (Å²) in [6, 6.07) is 12.5. The Labute approximate surface area is 217 Å². The number of amides is 3. The monoisotopic (exact) mass is 503 g/mol. The topological polar surface area (TPSA) is 105 Å². The SMILES string of the molecule is C=C(NC(=O)C(=C)N1Cc2c(cccc2-c2ccc(C(=O)NC(C)(C)C)cc2)C1=O)C(=O)OC(C)(C)C. The van der Waals surface area contributed by atoms with Gasteiger partial charge in [-0.3, -0.25) is 19.3 Å². The maximum absolute atomic E-state index is 13.1. The summed E-state index contributed by atoms with van der Waals surface area (Å²) in [5, 5.41) is 5.30. The second-order valence-corrected chi connectivity index (χ2v) is 10.9. The molecule has 8 heteroatoms. The van der Waals surface area contributed by atoms with E-state index >= 15 is 0 Å². The number of benzene rings is 2. The van der Waals surface area contributed by atoms with Gasteiger partial charge in [0, 0.05) is 16.7 Å². The number of hydrogen-bond acceptors (Lipinski definition) is 5. The van der Waals surface area contributed by atoms with Crippen molar-refractivity contribution in [1.82, 2.24) is 15.5 Å². The van der Waals surface area contributed by atoms with Gasteiger partial charge in [0.15, 0.2) is 0 Å². The average molecular weight is 504 g/mol. The normalized spacial score (nSPS) is 13.0. The Hall–Kier alpha value is -4.20. The molecule has 0 unspecified atom stereocenters. The zero-order chi connectivity index (χ0) is 27.7. The number of carbonyl (C=O) groups excluding carboxylic acids is 4. The van der Waals surface area contributed by atoms with E-state index in [0.717, 1.165) is 16.7 Å². The molecule has 0 saturated heterocycles. The van der Waals surface area contributed by atoms with Crippen LogP contribution in [-0.2, 0) is 20.9 Å². The molecule has 3 amide bonds. The minimum atomic E-state index is -0.772. The van der Waals surface area contributed by atoms with E-state index in [1.165, 1.54) is 4.90 Å². The quantitative estimate of drug-likeness (QED) is 0.451. The fourth-order valence-electron chi connectivity index (χ4n) is 3.76. The lowest BCUT2D eigenvalue weighted by Gasteiger charge is -2.21. The van der Waals surface area contributed by atoms with Crippen LogP contribution in [0.4, 0.5) is 0 Å². The van der Waals surface area contributed by atoms with Crippen LogP contribution in [0.5, 0.6) is 0 Å². The number of carbonyl (C=O) groups is 4. The van der Waals surface area contributed by atoms with Gasteiger partial charge in [0.1, 0.15) is 17.0 Å². The highest BCUT2D eigenvalue weighted by atomic mass is 16.6. The van der Waals surface area contributed by atoms with Gasteiger partial charge in [0.25, 0.3) is 17.7 Å². The highest BCUT2D eigenvalue weighted by Crippen LogP contribution is 2.34. The molecule has 1 aliphatic heterocycles. The molecule has 1 aliphatic rings. The Morgan fingerprint density at radius 3 is 2.08 bits per heavy atom. The molecular weight excluding hydrogens is 470 g/mol. The van der Waals surface area contributed by atoms with Gasteiger partial charge in [-0.15, -0.1) is 0 Å². The lowest BCUT2D eigenvalue weighted by atomic mass is 9.96. The Morgan fingerprint density at radius 2 is 1.51 bits per heavy atom. The minimum Gasteiger partial charge on any atom is -0.455 e. The second kappa shape index (κ2) is 10.0. The highest BCUT2D eigenvalue weighted by molar-refractivity contribution is 6.08. The van der Waals surface area contributed by atoms with Crippen molar-refractivity contribution >= 4 is 23.7 Å².